The number of nitro groups is 1. The predicted octanol–water partition coefficient (Wildman–Crippen LogP) is 3.01. The molecular formula is C17H17ClN6O4. The standard InChI is InChI=1S/C17H17ClN6O4/c1-12-16(24(26)27)9-20-23(12)6-5-17(25)21-14-8-19-22(10-14)11-28-15-4-2-3-13(18)7-15/h2-4,7-10H,5-6,11H2,1H3,(H,21,25). The minimum atomic E-state index is -0.501. The second-order valence-electron chi connectivity index (χ2n) is 5.89. The lowest BCUT2D eigenvalue weighted by Gasteiger charge is -2.06. The topological polar surface area (TPSA) is 117 Å². The fraction of sp³-hybridized carbons (Fsp3) is 0.235. The fourth-order valence-corrected chi connectivity index (χ4v) is 2.65. The molecule has 0 aliphatic rings. The molecule has 1 N–H and O–H groups in total. The van der Waals surface area contributed by atoms with Gasteiger partial charge in [-0.1, -0.05) is 17.7 Å². The van der Waals surface area contributed by atoms with E-state index in [9.17, 15) is 14.9 Å². The SMILES string of the molecule is Cc1c([N+](=O)[O-])cnn1CCC(=O)Nc1cnn(COc2cccc(Cl)c2)c1. The normalized spacial score (nSPS) is 10.6. The van der Waals surface area contributed by atoms with E-state index >= 15 is 0 Å². The molecule has 1 amide bonds. The zero-order chi connectivity index (χ0) is 20.1. The van der Waals surface area contributed by atoms with E-state index in [4.69, 9.17) is 16.3 Å². The van der Waals surface area contributed by atoms with E-state index in [2.05, 4.69) is 15.5 Å². The number of anilines is 1. The average molecular weight is 405 g/mol. The molecule has 0 aliphatic carbocycles. The van der Waals surface area contributed by atoms with Gasteiger partial charge in [0.1, 0.15) is 17.6 Å². The quantitative estimate of drug-likeness (QED) is 0.455. The Morgan fingerprint density at radius 1 is 1.36 bits per heavy atom. The first-order valence-corrected chi connectivity index (χ1v) is 8.67. The molecule has 0 saturated carbocycles. The molecule has 0 spiro atoms. The number of hydrogen-bond acceptors (Lipinski definition) is 6. The van der Waals surface area contributed by atoms with E-state index in [1.165, 1.54) is 21.8 Å². The summed E-state index contributed by atoms with van der Waals surface area (Å²) in [6.45, 7) is 1.98. The maximum Gasteiger partial charge on any atom is 0.309 e. The summed E-state index contributed by atoms with van der Waals surface area (Å²) in [5.41, 5.74) is 0.855. The molecule has 0 unspecified atom stereocenters. The molecular weight excluding hydrogens is 388 g/mol. The van der Waals surface area contributed by atoms with Crippen molar-refractivity contribution >= 4 is 28.9 Å². The Hall–Kier alpha value is -3.40. The summed E-state index contributed by atoms with van der Waals surface area (Å²) in [5.74, 6) is 0.352. The number of aryl methyl sites for hydroxylation is 1. The van der Waals surface area contributed by atoms with Crippen LogP contribution in [0.5, 0.6) is 5.75 Å². The van der Waals surface area contributed by atoms with Gasteiger partial charge in [0.2, 0.25) is 5.91 Å². The number of nitrogens with zero attached hydrogens (tertiary/aromatic N) is 5. The molecule has 0 bridgehead atoms. The van der Waals surface area contributed by atoms with Crippen molar-refractivity contribution in [1.82, 2.24) is 19.6 Å². The van der Waals surface area contributed by atoms with E-state index in [0.717, 1.165) is 0 Å². The van der Waals surface area contributed by atoms with Crippen LogP contribution in [0, 0.1) is 17.0 Å². The zero-order valence-electron chi connectivity index (χ0n) is 14.9. The maximum atomic E-state index is 12.1. The van der Waals surface area contributed by atoms with Crippen LogP contribution in [0.2, 0.25) is 5.02 Å². The second kappa shape index (κ2) is 8.53. The number of aromatic nitrogens is 4. The third kappa shape index (κ3) is 4.86. The molecule has 28 heavy (non-hydrogen) atoms. The Labute approximate surface area is 164 Å². The summed E-state index contributed by atoms with van der Waals surface area (Å²) in [6.07, 6.45) is 4.43. The number of carbonyl (C=O) groups is 1. The van der Waals surface area contributed by atoms with Crippen molar-refractivity contribution < 1.29 is 14.5 Å². The van der Waals surface area contributed by atoms with Crippen LogP contribution in [0.15, 0.2) is 42.9 Å². The van der Waals surface area contributed by atoms with Gasteiger partial charge >= 0.3 is 5.69 Å². The highest BCUT2D eigenvalue weighted by atomic mass is 35.5. The van der Waals surface area contributed by atoms with Gasteiger partial charge in [0.05, 0.1) is 29.5 Å². The number of hydrogen-bond donors (Lipinski definition) is 1. The van der Waals surface area contributed by atoms with Gasteiger partial charge < -0.3 is 10.1 Å². The highest BCUT2D eigenvalue weighted by Crippen LogP contribution is 2.18. The maximum absolute atomic E-state index is 12.1. The molecule has 1 aromatic carbocycles. The largest absolute Gasteiger partial charge is 0.471 e. The molecule has 0 atom stereocenters. The lowest BCUT2D eigenvalue weighted by atomic mass is 10.3. The van der Waals surface area contributed by atoms with E-state index in [1.807, 2.05) is 0 Å². The smallest absolute Gasteiger partial charge is 0.309 e. The molecule has 11 heteroatoms. The van der Waals surface area contributed by atoms with Crippen LogP contribution < -0.4 is 10.1 Å². The number of rotatable bonds is 8. The van der Waals surface area contributed by atoms with Crippen molar-refractivity contribution in [3.8, 4) is 5.75 Å². The van der Waals surface area contributed by atoms with Gasteiger partial charge in [0.15, 0.2) is 6.73 Å². The molecule has 0 saturated heterocycles. The van der Waals surface area contributed by atoms with Crippen molar-refractivity contribution in [3.05, 3.63) is 63.7 Å². The summed E-state index contributed by atoms with van der Waals surface area (Å²) < 4.78 is 8.52. The molecule has 3 rings (SSSR count). The molecule has 2 aromatic heterocycles. The summed E-state index contributed by atoms with van der Waals surface area (Å²) in [7, 11) is 0. The predicted molar refractivity (Wildman–Crippen MR) is 101 cm³/mol. The molecule has 3 aromatic rings. The third-order valence-corrected chi connectivity index (χ3v) is 4.14. The number of amides is 1. The number of benzene rings is 1. The Bertz CT molecular complexity index is 999. The van der Waals surface area contributed by atoms with Crippen molar-refractivity contribution in [1.29, 1.82) is 0 Å². The molecule has 0 fully saturated rings. The van der Waals surface area contributed by atoms with Crippen LogP contribution in [-0.4, -0.2) is 30.4 Å². The minimum absolute atomic E-state index is 0.0682. The Kier molecular flexibility index (Phi) is 5.90. The van der Waals surface area contributed by atoms with Gasteiger partial charge in [-0.25, -0.2) is 4.68 Å². The molecule has 10 nitrogen and oxygen atoms in total. The Balaban J connectivity index is 1.49. The molecule has 0 aliphatic heterocycles. The van der Waals surface area contributed by atoms with Crippen LogP contribution in [0.25, 0.3) is 0 Å². The number of carbonyl (C=O) groups excluding carboxylic acids is 1. The first-order chi connectivity index (χ1) is 13.4. The first-order valence-electron chi connectivity index (χ1n) is 8.30. The van der Waals surface area contributed by atoms with E-state index in [1.54, 1.807) is 37.4 Å². The van der Waals surface area contributed by atoms with Crippen LogP contribution in [0.4, 0.5) is 11.4 Å². The summed E-state index contributed by atoms with van der Waals surface area (Å²) in [5, 5.41) is 22.2. The molecule has 0 radical (unpaired) electrons. The minimum Gasteiger partial charge on any atom is -0.471 e. The van der Waals surface area contributed by atoms with E-state index < -0.39 is 4.92 Å². The molecule has 2 heterocycles. The van der Waals surface area contributed by atoms with Crippen LogP contribution >= 0.6 is 11.6 Å². The van der Waals surface area contributed by atoms with E-state index in [-0.39, 0.29) is 31.3 Å². The van der Waals surface area contributed by atoms with Crippen molar-refractivity contribution in [3.63, 3.8) is 0 Å². The Morgan fingerprint density at radius 3 is 2.89 bits per heavy atom. The van der Waals surface area contributed by atoms with Gasteiger partial charge in [0, 0.05) is 11.4 Å². The highest BCUT2D eigenvalue weighted by molar-refractivity contribution is 6.30. The zero-order valence-corrected chi connectivity index (χ0v) is 15.7. The first kappa shape index (κ1) is 19.4. The lowest BCUT2D eigenvalue weighted by Crippen LogP contribution is -2.15. The van der Waals surface area contributed by atoms with Crippen molar-refractivity contribution in [2.45, 2.75) is 26.6 Å². The van der Waals surface area contributed by atoms with Gasteiger partial charge in [-0.3, -0.25) is 19.6 Å². The van der Waals surface area contributed by atoms with Gasteiger partial charge in [-0.15, -0.1) is 0 Å². The monoisotopic (exact) mass is 404 g/mol. The van der Waals surface area contributed by atoms with Crippen LogP contribution in [-0.2, 0) is 18.1 Å². The van der Waals surface area contributed by atoms with E-state index in [0.29, 0.717) is 22.2 Å². The summed E-state index contributed by atoms with van der Waals surface area (Å²) in [6, 6.07) is 7.00. The second-order valence-corrected chi connectivity index (χ2v) is 6.33. The number of nitrogens with one attached hydrogen (secondary N) is 1. The van der Waals surface area contributed by atoms with Gasteiger partial charge in [0.25, 0.3) is 0 Å². The molecule has 146 valence electrons. The van der Waals surface area contributed by atoms with Crippen LogP contribution in [0.1, 0.15) is 12.1 Å². The summed E-state index contributed by atoms with van der Waals surface area (Å²) in [4.78, 5) is 22.4. The Morgan fingerprint density at radius 2 is 2.18 bits per heavy atom. The van der Waals surface area contributed by atoms with Crippen LogP contribution in [0.3, 0.4) is 0 Å². The number of halogens is 1. The summed E-state index contributed by atoms with van der Waals surface area (Å²) >= 11 is 5.90. The lowest BCUT2D eigenvalue weighted by molar-refractivity contribution is -0.385. The fourth-order valence-electron chi connectivity index (χ4n) is 2.47. The average Bonchev–Trinajstić information content (AvgIpc) is 3.24. The third-order valence-electron chi connectivity index (χ3n) is 3.90. The van der Waals surface area contributed by atoms with Gasteiger partial charge in [-0.05, 0) is 25.1 Å². The van der Waals surface area contributed by atoms with Gasteiger partial charge in [-0.2, -0.15) is 10.2 Å². The highest BCUT2D eigenvalue weighted by Gasteiger charge is 2.16. The van der Waals surface area contributed by atoms with Crippen molar-refractivity contribution in [2.75, 3.05) is 5.32 Å². The number of ether oxygens (including phenoxy) is 1. The van der Waals surface area contributed by atoms with Crippen molar-refractivity contribution in [2.24, 2.45) is 0 Å².